The summed E-state index contributed by atoms with van der Waals surface area (Å²) in [6.07, 6.45) is 1.34. The second kappa shape index (κ2) is 5.97. The quantitative estimate of drug-likeness (QED) is 0.930. The van der Waals surface area contributed by atoms with Gasteiger partial charge in [0.25, 0.3) is 0 Å². The maximum absolute atomic E-state index is 13.9. The van der Waals surface area contributed by atoms with Gasteiger partial charge in [0.1, 0.15) is 10.7 Å². The van der Waals surface area contributed by atoms with Crippen LogP contribution in [0.25, 0.3) is 0 Å². The van der Waals surface area contributed by atoms with Crippen LogP contribution >= 0.6 is 11.6 Å². The van der Waals surface area contributed by atoms with Crippen molar-refractivity contribution < 1.29 is 17.9 Å². The third-order valence-electron chi connectivity index (χ3n) is 3.54. The number of hydrogen-bond donors (Lipinski definition) is 1. The molecule has 4 nitrogen and oxygen atoms in total. The molecule has 1 aliphatic rings. The SMILES string of the molecule is CC(O)C1CCCCN1S(=O)(=O)c1ccc(Cl)cc1F. The molecule has 1 saturated heterocycles. The lowest BCUT2D eigenvalue weighted by molar-refractivity contribution is 0.0830. The molecular formula is C13H17ClFNO3S. The summed E-state index contributed by atoms with van der Waals surface area (Å²) in [4.78, 5) is -0.394. The highest BCUT2D eigenvalue weighted by molar-refractivity contribution is 7.89. The first-order valence-corrected chi connectivity index (χ1v) is 8.31. The lowest BCUT2D eigenvalue weighted by Gasteiger charge is -2.36. The number of aliphatic hydroxyl groups is 1. The molecule has 1 fully saturated rings. The van der Waals surface area contributed by atoms with E-state index in [0.29, 0.717) is 19.4 Å². The van der Waals surface area contributed by atoms with Crippen LogP contribution in [0, 0.1) is 5.82 Å². The Kier molecular flexibility index (Phi) is 4.69. The maximum atomic E-state index is 13.9. The Bertz CT molecular complexity index is 591. The highest BCUT2D eigenvalue weighted by Crippen LogP contribution is 2.29. The van der Waals surface area contributed by atoms with E-state index in [2.05, 4.69) is 0 Å². The zero-order valence-electron chi connectivity index (χ0n) is 11.1. The van der Waals surface area contributed by atoms with Gasteiger partial charge in [0, 0.05) is 11.6 Å². The Morgan fingerprint density at radius 3 is 2.75 bits per heavy atom. The molecule has 2 unspecified atom stereocenters. The first-order valence-electron chi connectivity index (χ1n) is 6.49. The van der Waals surface area contributed by atoms with Gasteiger partial charge in [-0.2, -0.15) is 4.31 Å². The predicted molar refractivity (Wildman–Crippen MR) is 74.6 cm³/mol. The molecule has 0 radical (unpaired) electrons. The van der Waals surface area contributed by atoms with Gasteiger partial charge in [-0.3, -0.25) is 0 Å². The van der Waals surface area contributed by atoms with Crippen LogP contribution in [-0.4, -0.2) is 36.5 Å². The fourth-order valence-corrected chi connectivity index (χ4v) is 4.49. The molecule has 0 bridgehead atoms. The van der Waals surface area contributed by atoms with E-state index in [1.807, 2.05) is 0 Å². The third kappa shape index (κ3) is 2.98. The Labute approximate surface area is 123 Å². The molecule has 0 aromatic heterocycles. The Morgan fingerprint density at radius 1 is 1.45 bits per heavy atom. The van der Waals surface area contributed by atoms with Crippen LogP contribution < -0.4 is 0 Å². The normalized spacial score (nSPS) is 22.7. The Morgan fingerprint density at radius 2 is 2.15 bits per heavy atom. The summed E-state index contributed by atoms with van der Waals surface area (Å²) in [6.45, 7) is 1.84. The van der Waals surface area contributed by atoms with Gasteiger partial charge in [-0.15, -0.1) is 0 Å². The number of hydrogen-bond acceptors (Lipinski definition) is 3. The number of piperidine rings is 1. The average Bonchev–Trinajstić information content (AvgIpc) is 2.38. The minimum Gasteiger partial charge on any atom is -0.392 e. The number of halogens is 2. The van der Waals surface area contributed by atoms with Crippen LogP contribution in [-0.2, 0) is 10.0 Å². The van der Waals surface area contributed by atoms with Crippen LogP contribution in [0.2, 0.25) is 5.02 Å². The lowest BCUT2D eigenvalue weighted by atomic mass is 10.0. The minimum absolute atomic E-state index is 0.146. The first kappa shape index (κ1) is 15.7. The van der Waals surface area contributed by atoms with E-state index in [0.717, 1.165) is 12.5 Å². The Hall–Kier alpha value is -0.690. The molecule has 0 saturated carbocycles. The van der Waals surface area contributed by atoms with Crippen molar-refractivity contribution in [3.8, 4) is 0 Å². The monoisotopic (exact) mass is 321 g/mol. The summed E-state index contributed by atoms with van der Waals surface area (Å²) in [6, 6.07) is 2.99. The van der Waals surface area contributed by atoms with Gasteiger partial charge < -0.3 is 5.11 Å². The van der Waals surface area contributed by atoms with Crippen molar-refractivity contribution in [2.75, 3.05) is 6.54 Å². The van der Waals surface area contributed by atoms with Crippen LogP contribution in [0.15, 0.2) is 23.1 Å². The highest BCUT2D eigenvalue weighted by Gasteiger charge is 2.37. The van der Waals surface area contributed by atoms with Crippen molar-refractivity contribution in [2.45, 2.75) is 43.2 Å². The summed E-state index contributed by atoms with van der Waals surface area (Å²) >= 11 is 5.64. The summed E-state index contributed by atoms with van der Waals surface area (Å²) in [5, 5.41) is 9.90. The highest BCUT2D eigenvalue weighted by atomic mass is 35.5. The average molecular weight is 322 g/mol. The number of nitrogens with zero attached hydrogens (tertiary/aromatic N) is 1. The molecule has 0 aliphatic carbocycles. The summed E-state index contributed by atoms with van der Waals surface area (Å²) in [5.74, 6) is -0.868. The topological polar surface area (TPSA) is 57.6 Å². The van der Waals surface area contributed by atoms with Gasteiger partial charge in [-0.05, 0) is 38.0 Å². The molecule has 0 amide bonds. The van der Waals surface area contributed by atoms with E-state index in [-0.39, 0.29) is 5.02 Å². The molecule has 1 aliphatic heterocycles. The van der Waals surface area contributed by atoms with E-state index < -0.39 is 32.9 Å². The molecule has 0 spiro atoms. The van der Waals surface area contributed by atoms with E-state index in [4.69, 9.17) is 11.6 Å². The van der Waals surface area contributed by atoms with Crippen molar-refractivity contribution in [3.05, 3.63) is 29.0 Å². The van der Waals surface area contributed by atoms with Crippen molar-refractivity contribution >= 4 is 21.6 Å². The molecule has 20 heavy (non-hydrogen) atoms. The maximum Gasteiger partial charge on any atom is 0.246 e. The molecule has 2 atom stereocenters. The van der Waals surface area contributed by atoms with E-state index in [1.54, 1.807) is 6.92 Å². The predicted octanol–water partition coefficient (Wildman–Crippen LogP) is 2.40. The molecule has 1 heterocycles. The number of aliphatic hydroxyl groups excluding tert-OH is 1. The summed E-state index contributed by atoms with van der Waals surface area (Å²) < 4.78 is 40.2. The fourth-order valence-electron chi connectivity index (χ4n) is 2.52. The van der Waals surface area contributed by atoms with Crippen LogP contribution in [0.1, 0.15) is 26.2 Å². The largest absolute Gasteiger partial charge is 0.392 e. The van der Waals surface area contributed by atoms with Gasteiger partial charge in [-0.1, -0.05) is 18.0 Å². The summed E-state index contributed by atoms with van der Waals surface area (Å²) in [7, 11) is -3.96. The van der Waals surface area contributed by atoms with E-state index in [1.165, 1.54) is 16.4 Å². The fraction of sp³-hybridized carbons (Fsp3) is 0.538. The van der Waals surface area contributed by atoms with Gasteiger partial charge in [0.2, 0.25) is 10.0 Å². The van der Waals surface area contributed by atoms with Crippen LogP contribution in [0.3, 0.4) is 0 Å². The van der Waals surface area contributed by atoms with Crippen molar-refractivity contribution in [1.29, 1.82) is 0 Å². The number of benzene rings is 1. The smallest absolute Gasteiger partial charge is 0.246 e. The van der Waals surface area contributed by atoms with Crippen LogP contribution in [0.4, 0.5) is 4.39 Å². The van der Waals surface area contributed by atoms with E-state index >= 15 is 0 Å². The molecule has 112 valence electrons. The van der Waals surface area contributed by atoms with Gasteiger partial charge in [0.15, 0.2) is 0 Å². The lowest BCUT2D eigenvalue weighted by Crippen LogP contribution is -2.48. The molecule has 1 N–H and O–H groups in total. The van der Waals surface area contributed by atoms with Crippen molar-refractivity contribution in [3.63, 3.8) is 0 Å². The zero-order chi connectivity index (χ0) is 14.9. The molecular weight excluding hydrogens is 305 g/mol. The second-order valence-corrected chi connectivity index (χ2v) is 7.29. The third-order valence-corrected chi connectivity index (χ3v) is 5.73. The molecule has 1 aromatic rings. The Balaban J connectivity index is 2.42. The molecule has 2 rings (SSSR count). The molecule has 7 heteroatoms. The second-order valence-electron chi connectivity index (χ2n) is 4.99. The van der Waals surface area contributed by atoms with Gasteiger partial charge in [0.05, 0.1) is 12.1 Å². The zero-order valence-corrected chi connectivity index (χ0v) is 12.7. The standard InChI is InChI=1S/C13H17ClFNO3S/c1-9(17)12-4-2-3-7-16(12)20(18,19)13-6-5-10(14)8-11(13)15/h5-6,8-9,12,17H,2-4,7H2,1H3. The number of rotatable bonds is 3. The van der Waals surface area contributed by atoms with Crippen LogP contribution in [0.5, 0.6) is 0 Å². The van der Waals surface area contributed by atoms with Gasteiger partial charge >= 0.3 is 0 Å². The summed E-state index contributed by atoms with van der Waals surface area (Å²) in [5.41, 5.74) is 0. The molecule has 1 aromatic carbocycles. The van der Waals surface area contributed by atoms with E-state index in [9.17, 15) is 17.9 Å². The number of sulfonamides is 1. The van der Waals surface area contributed by atoms with Gasteiger partial charge in [-0.25, -0.2) is 12.8 Å². The first-order chi connectivity index (χ1) is 9.34. The van der Waals surface area contributed by atoms with Crippen molar-refractivity contribution in [1.82, 2.24) is 4.31 Å². The minimum atomic E-state index is -3.96. The van der Waals surface area contributed by atoms with Crippen molar-refractivity contribution in [2.24, 2.45) is 0 Å².